The number of fused-ring (bicyclic) bond motifs is 1. The first-order chi connectivity index (χ1) is 25.0. The molecule has 0 aliphatic heterocycles. The lowest BCUT2D eigenvalue weighted by Gasteiger charge is -2.04. The second-order valence-corrected chi connectivity index (χ2v) is 10.6. The fourth-order valence-electron chi connectivity index (χ4n) is 4.07. The summed E-state index contributed by atoms with van der Waals surface area (Å²) in [5.41, 5.74) is 8.22. The van der Waals surface area contributed by atoms with E-state index in [-0.39, 0.29) is 11.5 Å². The Morgan fingerprint density at radius 2 is 1.08 bits per heavy atom. The van der Waals surface area contributed by atoms with Crippen molar-refractivity contribution in [3.8, 4) is 0 Å². The summed E-state index contributed by atoms with van der Waals surface area (Å²) in [4.78, 5) is 25.8. The van der Waals surface area contributed by atoms with Crippen molar-refractivity contribution in [1.82, 2.24) is 4.98 Å². The summed E-state index contributed by atoms with van der Waals surface area (Å²) in [6, 6.07) is 37.1. The minimum absolute atomic E-state index is 0.0810. The lowest BCUT2D eigenvalue weighted by molar-refractivity contribution is 0.0690. The van der Waals surface area contributed by atoms with Crippen LogP contribution in [0.25, 0.3) is 10.8 Å². The zero-order chi connectivity index (χ0) is 40.5. The van der Waals surface area contributed by atoms with Crippen molar-refractivity contribution in [2.24, 2.45) is 0 Å². The van der Waals surface area contributed by atoms with Crippen molar-refractivity contribution >= 4 is 22.5 Å². The van der Waals surface area contributed by atoms with Gasteiger partial charge in [0.05, 0.1) is 0 Å². The van der Waals surface area contributed by atoms with Gasteiger partial charge in [-0.2, -0.15) is 0 Å². The van der Waals surface area contributed by atoms with Gasteiger partial charge < -0.3 is 5.11 Å². The molecular weight excluding hydrogens is 639 g/mol. The highest BCUT2D eigenvalue weighted by atomic mass is 16.4. The highest BCUT2D eigenvalue weighted by Crippen LogP contribution is 2.17. The van der Waals surface area contributed by atoms with Gasteiger partial charge in [0.15, 0.2) is 5.78 Å². The van der Waals surface area contributed by atoms with Crippen LogP contribution in [0, 0.1) is 13.8 Å². The SMILES string of the molecule is C=C(C)C(C)=C(C)C.CC.CC.CC.CC.Cc1cccc2ccccc12.Cc1ccccc1C(=O)Cc1ccccc1.O=C(O)c1ccccn1. The number of aryl methyl sites for hydroxylation is 2. The van der Waals surface area contributed by atoms with Gasteiger partial charge in [0, 0.05) is 18.2 Å². The second kappa shape index (κ2) is 33.1. The molecule has 0 amide bonds. The number of nitrogens with zero attached hydrogens (tertiary/aromatic N) is 1. The number of carbonyl (C=O) groups excluding carboxylic acids is 1. The van der Waals surface area contributed by atoms with Gasteiger partial charge in [0.2, 0.25) is 0 Å². The van der Waals surface area contributed by atoms with Crippen molar-refractivity contribution < 1.29 is 14.7 Å². The normalized spacial score (nSPS) is 8.58. The van der Waals surface area contributed by atoms with E-state index in [0.29, 0.717) is 6.42 Å². The molecule has 4 nitrogen and oxygen atoms in total. The van der Waals surface area contributed by atoms with Crippen LogP contribution in [0.1, 0.15) is 121 Å². The van der Waals surface area contributed by atoms with E-state index in [2.05, 4.69) is 81.7 Å². The Balaban J connectivity index is -0.000000595. The Morgan fingerprint density at radius 1 is 0.596 bits per heavy atom. The summed E-state index contributed by atoms with van der Waals surface area (Å²) in [6.45, 7) is 32.3. The Hall–Kier alpha value is -5.09. The lowest BCUT2D eigenvalue weighted by Crippen LogP contribution is -2.05. The number of aromatic nitrogens is 1. The Morgan fingerprint density at radius 3 is 1.52 bits per heavy atom. The van der Waals surface area contributed by atoms with E-state index in [4.69, 9.17) is 5.11 Å². The number of ketones is 1. The largest absolute Gasteiger partial charge is 0.477 e. The van der Waals surface area contributed by atoms with Crippen LogP contribution >= 0.6 is 0 Å². The van der Waals surface area contributed by atoms with Crippen molar-refractivity contribution in [2.45, 2.75) is 103 Å². The van der Waals surface area contributed by atoms with Crippen LogP contribution in [0.15, 0.2) is 145 Å². The van der Waals surface area contributed by atoms with E-state index in [9.17, 15) is 9.59 Å². The maximum Gasteiger partial charge on any atom is 0.354 e. The molecule has 1 aromatic heterocycles. The molecular formula is C48H67NO3. The number of carbonyl (C=O) groups is 2. The molecule has 4 heteroatoms. The Bertz CT molecular complexity index is 1680. The zero-order valence-electron chi connectivity index (χ0n) is 34.7. The van der Waals surface area contributed by atoms with E-state index in [1.165, 1.54) is 45.3 Å². The third kappa shape index (κ3) is 21.9. The number of benzene rings is 4. The van der Waals surface area contributed by atoms with Gasteiger partial charge in [0.25, 0.3) is 0 Å². The number of hydrogen-bond donors (Lipinski definition) is 1. The first-order valence-corrected chi connectivity index (χ1v) is 18.5. The third-order valence-corrected chi connectivity index (χ3v) is 6.93. The highest BCUT2D eigenvalue weighted by Gasteiger charge is 2.08. The van der Waals surface area contributed by atoms with Gasteiger partial charge in [-0.15, -0.1) is 0 Å². The third-order valence-electron chi connectivity index (χ3n) is 6.93. The molecule has 282 valence electrons. The molecule has 0 fully saturated rings. The van der Waals surface area contributed by atoms with E-state index in [1.54, 1.807) is 12.1 Å². The van der Waals surface area contributed by atoms with Crippen LogP contribution in [0.3, 0.4) is 0 Å². The number of Topliss-reactive ketones (excluding diaryl/α,β-unsaturated/α-hetero) is 1. The van der Waals surface area contributed by atoms with Crippen LogP contribution < -0.4 is 0 Å². The van der Waals surface area contributed by atoms with Crippen molar-refractivity contribution in [2.75, 3.05) is 0 Å². The summed E-state index contributed by atoms with van der Waals surface area (Å²) < 4.78 is 0. The van der Waals surface area contributed by atoms with E-state index < -0.39 is 5.97 Å². The fourth-order valence-corrected chi connectivity index (χ4v) is 4.07. The van der Waals surface area contributed by atoms with Crippen LogP contribution in [0.4, 0.5) is 0 Å². The molecule has 52 heavy (non-hydrogen) atoms. The first-order valence-electron chi connectivity index (χ1n) is 18.5. The molecule has 0 radical (unpaired) electrons. The Kier molecular flexibility index (Phi) is 32.6. The molecule has 0 atom stereocenters. The van der Waals surface area contributed by atoms with Gasteiger partial charge in [-0.05, 0) is 81.1 Å². The van der Waals surface area contributed by atoms with Crippen LogP contribution in [-0.2, 0) is 6.42 Å². The predicted molar refractivity (Wildman–Crippen MR) is 230 cm³/mol. The topological polar surface area (TPSA) is 67.3 Å². The maximum atomic E-state index is 12.0. The number of aromatic carboxylic acids is 1. The van der Waals surface area contributed by atoms with Gasteiger partial charge in [-0.25, -0.2) is 9.78 Å². The lowest BCUT2D eigenvalue weighted by atomic mass is 9.99. The van der Waals surface area contributed by atoms with Crippen LogP contribution in [0.2, 0.25) is 0 Å². The van der Waals surface area contributed by atoms with Gasteiger partial charge >= 0.3 is 5.97 Å². The van der Waals surface area contributed by atoms with Crippen molar-refractivity contribution in [3.05, 3.63) is 173 Å². The van der Waals surface area contributed by atoms with Crippen molar-refractivity contribution in [3.63, 3.8) is 0 Å². The molecule has 1 N–H and O–H groups in total. The number of allylic oxidation sites excluding steroid dienone is 3. The van der Waals surface area contributed by atoms with Gasteiger partial charge in [-0.3, -0.25) is 4.79 Å². The van der Waals surface area contributed by atoms with E-state index >= 15 is 0 Å². The molecule has 5 rings (SSSR count). The molecule has 5 aromatic rings. The monoisotopic (exact) mass is 706 g/mol. The summed E-state index contributed by atoms with van der Waals surface area (Å²) in [5.74, 6) is -0.806. The number of hydrogen-bond acceptors (Lipinski definition) is 3. The summed E-state index contributed by atoms with van der Waals surface area (Å²) in [5, 5.41) is 11.0. The molecule has 0 bridgehead atoms. The fraction of sp³-hybridized carbons (Fsp3) is 0.312. The zero-order valence-corrected chi connectivity index (χ0v) is 34.7. The maximum absolute atomic E-state index is 12.0. The molecule has 1 heterocycles. The van der Waals surface area contributed by atoms with Crippen LogP contribution in [-0.4, -0.2) is 21.8 Å². The predicted octanol–water partition coefficient (Wildman–Crippen LogP) is 14.4. The molecule has 0 aliphatic carbocycles. The molecule has 0 saturated carbocycles. The summed E-state index contributed by atoms with van der Waals surface area (Å²) in [7, 11) is 0. The van der Waals surface area contributed by atoms with Gasteiger partial charge in [0.1, 0.15) is 5.69 Å². The first kappa shape index (κ1) is 51.3. The highest BCUT2D eigenvalue weighted by molar-refractivity contribution is 5.98. The quantitative estimate of drug-likeness (QED) is 0.146. The standard InChI is InChI=1S/C15H14O.C11H10.C8H14.C6H5NO2.4C2H6/c1-12-7-5-6-10-14(12)15(16)11-13-8-3-2-4-9-13;1-9-5-4-7-10-6-2-3-8-11(9)10;1-6(2)8(5)7(3)4;8-6(9)5-3-1-2-4-7-5;4*1-2/h2-10H,11H2,1H3;2-8H,1H3;1H2,2-5H3;1-4H,(H,8,9);4*1-2H3. The number of carboxylic acids is 1. The molecule has 4 aromatic carbocycles. The average Bonchev–Trinajstić information content (AvgIpc) is 3.19. The van der Waals surface area contributed by atoms with Gasteiger partial charge in [-0.1, -0.05) is 182 Å². The minimum atomic E-state index is -0.990. The van der Waals surface area contributed by atoms with Crippen LogP contribution in [0.5, 0.6) is 0 Å². The van der Waals surface area contributed by atoms with E-state index in [0.717, 1.165) is 16.7 Å². The molecule has 0 aliphatic rings. The Labute approximate surface area is 317 Å². The summed E-state index contributed by atoms with van der Waals surface area (Å²) in [6.07, 6.45) is 1.93. The number of rotatable bonds is 5. The van der Waals surface area contributed by atoms with Crippen molar-refractivity contribution in [1.29, 1.82) is 0 Å². The minimum Gasteiger partial charge on any atom is -0.477 e. The average molecular weight is 706 g/mol. The smallest absolute Gasteiger partial charge is 0.354 e. The van der Waals surface area contributed by atoms with E-state index in [1.807, 2.05) is 124 Å². The number of pyridine rings is 1. The molecule has 0 unspecified atom stereocenters. The number of carboxylic acid groups (broad SMARTS) is 1. The molecule has 0 saturated heterocycles. The molecule has 0 spiro atoms. The summed E-state index contributed by atoms with van der Waals surface area (Å²) >= 11 is 0. The second-order valence-electron chi connectivity index (χ2n) is 10.6.